The van der Waals surface area contributed by atoms with Crippen LogP contribution in [0.3, 0.4) is 0 Å². The van der Waals surface area contributed by atoms with Crippen molar-refractivity contribution >= 4 is 17.4 Å². The Morgan fingerprint density at radius 2 is 2.21 bits per heavy atom. The van der Waals surface area contributed by atoms with Crippen LogP contribution in [0.5, 0.6) is 0 Å². The Labute approximate surface area is 110 Å². The van der Waals surface area contributed by atoms with Crippen LogP contribution >= 0.6 is 0 Å². The van der Waals surface area contributed by atoms with E-state index in [-0.39, 0.29) is 17.4 Å². The number of nitrogens with zero attached hydrogens (tertiary/aromatic N) is 4. The number of hydrogen-bond acceptors (Lipinski definition) is 5. The normalized spacial score (nSPS) is 14.7. The second-order valence-electron chi connectivity index (χ2n) is 4.56. The Morgan fingerprint density at radius 3 is 2.84 bits per heavy atom. The zero-order valence-electron chi connectivity index (χ0n) is 10.8. The van der Waals surface area contributed by atoms with Gasteiger partial charge >= 0.3 is 5.69 Å². The Morgan fingerprint density at radius 1 is 1.53 bits per heavy atom. The van der Waals surface area contributed by atoms with Crippen molar-refractivity contribution in [3.63, 3.8) is 0 Å². The Balaban J connectivity index is 1.85. The lowest BCUT2D eigenvalue weighted by molar-refractivity contribution is -0.384. The van der Waals surface area contributed by atoms with E-state index < -0.39 is 4.92 Å². The maximum Gasteiger partial charge on any atom is 0.330 e. The molecule has 0 unspecified atom stereocenters. The van der Waals surface area contributed by atoms with E-state index in [9.17, 15) is 14.9 Å². The molecular formula is C11H17N5O3. The number of likely N-dealkylation sites (tertiary alicyclic amines) is 1. The van der Waals surface area contributed by atoms with Crippen LogP contribution in [-0.2, 0) is 11.8 Å². The van der Waals surface area contributed by atoms with Crippen molar-refractivity contribution in [3.05, 3.63) is 16.3 Å². The lowest BCUT2D eigenvalue weighted by atomic mass is 10.3. The summed E-state index contributed by atoms with van der Waals surface area (Å²) < 4.78 is 1.38. The Bertz CT molecular complexity index is 479. The molecule has 0 spiro atoms. The molecule has 0 aromatic carbocycles. The second-order valence-corrected chi connectivity index (χ2v) is 4.56. The van der Waals surface area contributed by atoms with Crippen molar-refractivity contribution in [3.8, 4) is 0 Å². The molecule has 1 aliphatic heterocycles. The van der Waals surface area contributed by atoms with Gasteiger partial charge in [0, 0.05) is 33.1 Å². The van der Waals surface area contributed by atoms with Crippen LogP contribution < -0.4 is 5.32 Å². The van der Waals surface area contributed by atoms with Crippen LogP contribution in [-0.4, -0.2) is 45.1 Å². The molecule has 8 heteroatoms. The number of carbonyl (C=O) groups is 1. The van der Waals surface area contributed by atoms with Gasteiger partial charge in [0.25, 0.3) is 0 Å². The van der Waals surface area contributed by atoms with Gasteiger partial charge in [0.05, 0.1) is 4.92 Å². The summed E-state index contributed by atoms with van der Waals surface area (Å²) in [5, 5.41) is 17.6. The average molecular weight is 267 g/mol. The van der Waals surface area contributed by atoms with E-state index in [1.54, 1.807) is 7.05 Å². The molecule has 0 aliphatic carbocycles. The van der Waals surface area contributed by atoms with Gasteiger partial charge in [0.1, 0.15) is 6.20 Å². The first-order valence-corrected chi connectivity index (χ1v) is 6.27. The highest BCUT2D eigenvalue weighted by Crippen LogP contribution is 2.21. The van der Waals surface area contributed by atoms with Crippen molar-refractivity contribution in [2.75, 3.05) is 25.0 Å². The van der Waals surface area contributed by atoms with Crippen molar-refractivity contribution in [1.29, 1.82) is 0 Å². The molecule has 2 heterocycles. The summed E-state index contributed by atoms with van der Waals surface area (Å²) in [4.78, 5) is 23.9. The van der Waals surface area contributed by atoms with Gasteiger partial charge in [-0.15, -0.1) is 5.10 Å². The first-order chi connectivity index (χ1) is 9.08. The topological polar surface area (TPSA) is 93.3 Å². The van der Waals surface area contributed by atoms with E-state index >= 15 is 0 Å². The van der Waals surface area contributed by atoms with Crippen LogP contribution in [0.2, 0.25) is 0 Å². The van der Waals surface area contributed by atoms with Gasteiger partial charge in [0.2, 0.25) is 11.7 Å². The summed E-state index contributed by atoms with van der Waals surface area (Å²) in [7, 11) is 1.62. The maximum absolute atomic E-state index is 11.8. The van der Waals surface area contributed by atoms with Crippen molar-refractivity contribution < 1.29 is 9.72 Å². The molecule has 1 aromatic heterocycles. The standard InChI is InChI=1S/C11H17N5O3/c1-14-8-9(16(18)19)11(13-14)12-5-4-10(17)15-6-2-3-7-15/h8H,2-7H2,1H3,(H,12,13). The minimum absolute atomic E-state index is 0.0730. The predicted octanol–water partition coefficient (Wildman–Crippen LogP) is 0.753. The zero-order valence-corrected chi connectivity index (χ0v) is 10.8. The number of aryl methyl sites for hydroxylation is 1. The van der Waals surface area contributed by atoms with E-state index in [0.29, 0.717) is 13.0 Å². The molecule has 2 rings (SSSR count). The molecule has 0 radical (unpaired) electrons. The molecule has 0 bridgehead atoms. The van der Waals surface area contributed by atoms with Crippen LogP contribution in [0.1, 0.15) is 19.3 Å². The monoisotopic (exact) mass is 267 g/mol. The van der Waals surface area contributed by atoms with E-state index in [1.807, 2.05) is 4.90 Å². The molecule has 1 aliphatic rings. The molecule has 1 N–H and O–H groups in total. The van der Waals surface area contributed by atoms with Crippen LogP contribution in [0.4, 0.5) is 11.5 Å². The summed E-state index contributed by atoms with van der Waals surface area (Å²) >= 11 is 0. The van der Waals surface area contributed by atoms with Gasteiger partial charge in [-0.25, -0.2) is 0 Å². The number of nitro groups is 1. The minimum Gasteiger partial charge on any atom is -0.362 e. The Hall–Kier alpha value is -2.12. The van der Waals surface area contributed by atoms with Gasteiger partial charge in [-0.05, 0) is 12.8 Å². The molecule has 1 aromatic rings. The molecule has 1 amide bonds. The molecule has 104 valence electrons. The largest absolute Gasteiger partial charge is 0.362 e. The highest BCUT2D eigenvalue weighted by molar-refractivity contribution is 5.77. The third kappa shape index (κ3) is 3.21. The third-order valence-corrected chi connectivity index (χ3v) is 3.10. The first-order valence-electron chi connectivity index (χ1n) is 6.27. The summed E-state index contributed by atoms with van der Waals surface area (Å²) in [6.07, 6.45) is 3.79. The van der Waals surface area contributed by atoms with Gasteiger partial charge < -0.3 is 10.2 Å². The highest BCUT2D eigenvalue weighted by atomic mass is 16.6. The number of rotatable bonds is 5. The number of aromatic nitrogens is 2. The van der Waals surface area contributed by atoms with Crippen molar-refractivity contribution in [1.82, 2.24) is 14.7 Å². The molecule has 19 heavy (non-hydrogen) atoms. The van der Waals surface area contributed by atoms with Gasteiger partial charge in [-0.1, -0.05) is 0 Å². The molecule has 0 atom stereocenters. The number of amides is 1. The van der Waals surface area contributed by atoms with E-state index in [2.05, 4.69) is 10.4 Å². The number of carbonyl (C=O) groups excluding carboxylic acids is 1. The van der Waals surface area contributed by atoms with E-state index in [1.165, 1.54) is 10.9 Å². The average Bonchev–Trinajstić information content (AvgIpc) is 2.98. The van der Waals surface area contributed by atoms with Crippen LogP contribution in [0.15, 0.2) is 6.20 Å². The van der Waals surface area contributed by atoms with Gasteiger partial charge in [-0.3, -0.25) is 19.6 Å². The lowest BCUT2D eigenvalue weighted by Gasteiger charge is -2.14. The maximum atomic E-state index is 11.8. The summed E-state index contributed by atoms with van der Waals surface area (Å²) in [5.74, 6) is 0.297. The van der Waals surface area contributed by atoms with Crippen LogP contribution in [0.25, 0.3) is 0 Å². The number of anilines is 1. The highest BCUT2D eigenvalue weighted by Gasteiger charge is 2.20. The second kappa shape index (κ2) is 5.68. The summed E-state index contributed by atoms with van der Waals surface area (Å²) in [6, 6.07) is 0. The first kappa shape index (κ1) is 13.3. The van der Waals surface area contributed by atoms with Crippen molar-refractivity contribution in [2.45, 2.75) is 19.3 Å². The lowest BCUT2D eigenvalue weighted by Crippen LogP contribution is -2.29. The third-order valence-electron chi connectivity index (χ3n) is 3.10. The zero-order chi connectivity index (χ0) is 13.8. The van der Waals surface area contributed by atoms with Gasteiger partial charge in [0.15, 0.2) is 0 Å². The minimum atomic E-state index is -0.488. The SMILES string of the molecule is Cn1cc([N+](=O)[O-])c(NCCC(=O)N2CCCC2)n1. The summed E-state index contributed by atoms with van der Waals surface area (Å²) in [5.41, 5.74) is -0.0730. The van der Waals surface area contributed by atoms with Gasteiger partial charge in [-0.2, -0.15) is 0 Å². The van der Waals surface area contributed by atoms with Crippen molar-refractivity contribution in [2.24, 2.45) is 7.05 Å². The fourth-order valence-corrected chi connectivity index (χ4v) is 2.15. The van der Waals surface area contributed by atoms with E-state index in [4.69, 9.17) is 0 Å². The quantitative estimate of drug-likeness (QED) is 0.627. The number of hydrogen-bond donors (Lipinski definition) is 1. The number of nitrogens with one attached hydrogen (secondary N) is 1. The predicted molar refractivity (Wildman–Crippen MR) is 68.8 cm³/mol. The fourth-order valence-electron chi connectivity index (χ4n) is 2.15. The molecule has 8 nitrogen and oxygen atoms in total. The fraction of sp³-hybridized carbons (Fsp3) is 0.636. The molecule has 1 fully saturated rings. The van der Waals surface area contributed by atoms with E-state index in [0.717, 1.165) is 25.9 Å². The molecule has 1 saturated heterocycles. The molecule has 0 saturated carbocycles. The summed E-state index contributed by atoms with van der Waals surface area (Å²) in [6.45, 7) is 2.00. The van der Waals surface area contributed by atoms with Crippen LogP contribution in [0, 0.1) is 10.1 Å². The molecular weight excluding hydrogens is 250 g/mol. The Kier molecular flexibility index (Phi) is 3.98. The smallest absolute Gasteiger partial charge is 0.330 e.